The molecule has 0 unspecified atom stereocenters. The van der Waals surface area contributed by atoms with Gasteiger partial charge in [0.2, 0.25) is 0 Å². The fourth-order valence-electron chi connectivity index (χ4n) is 4.81. The number of methoxy groups -OCH3 is 2. The maximum Gasteiger partial charge on any atom is 0.189 e. The van der Waals surface area contributed by atoms with Gasteiger partial charge >= 0.3 is 0 Å². The van der Waals surface area contributed by atoms with Gasteiger partial charge in [-0.2, -0.15) is 0 Å². The molecule has 0 radical (unpaired) electrons. The van der Waals surface area contributed by atoms with E-state index >= 15 is 0 Å². The van der Waals surface area contributed by atoms with Crippen molar-refractivity contribution in [3.05, 3.63) is 88.5 Å². The second-order valence-electron chi connectivity index (χ2n) is 8.94. The average molecular weight is 455 g/mol. The molecule has 0 spiro atoms. The van der Waals surface area contributed by atoms with Gasteiger partial charge in [0, 0.05) is 55.1 Å². The predicted molar refractivity (Wildman–Crippen MR) is 138 cm³/mol. The SMILES string of the molecule is COc1cc2c(cc1OC)C(=O)/C(=C/c1ccc(N3CCN(c4ccc(C)cc4)CC3)cc1)C2. The number of ketones is 1. The van der Waals surface area contributed by atoms with Crippen LogP contribution in [0.3, 0.4) is 0 Å². The number of rotatable bonds is 5. The molecule has 5 heteroatoms. The van der Waals surface area contributed by atoms with Crippen LogP contribution in [0.4, 0.5) is 11.4 Å². The Labute approximate surface area is 201 Å². The number of benzene rings is 3. The number of ether oxygens (including phenoxy) is 2. The number of hydrogen-bond donors (Lipinski definition) is 0. The summed E-state index contributed by atoms with van der Waals surface area (Å²) < 4.78 is 10.8. The van der Waals surface area contributed by atoms with E-state index < -0.39 is 0 Å². The number of Topliss-reactive ketones (excluding diaryl/α,β-unsaturated/α-hetero) is 1. The van der Waals surface area contributed by atoms with Crippen LogP contribution in [-0.2, 0) is 6.42 Å². The van der Waals surface area contributed by atoms with Crippen molar-refractivity contribution in [3.63, 3.8) is 0 Å². The normalized spacial score (nSPS) is 16.7. The maximum atomic E-state index is 13.0. The highest BCUT2D eigenvalue weighted by Crippen LogP contribution is 2.37. The minimum atomic E-state index is 0.0623. The van der Waals surface area contributed by atoms with Gasteiger partial charge < -0.3 is 19.3 Å². The van der Waals surface area contributed by atoms with Gasteiger partial charge in [0.15, 0.2) is 17.3 Å². The largest absolute Gasteiger partial charge is 0.493 e. The molecule has 0 aromatic heterocycles. The van der Waals surface area contributed by atoms with Crippen molar-refractivity contribution in [2.75, 3.05) is 50.2 Å². The Morgan fingerprint density at radius 1 is 0.765 bits per heavy atom. The summed E-state index contributed by atoms with van der Waals surface area (Å²) in [6.07, 6.45) is 2.61. The lowest BCUT2D eigenvalue weighted by atomic mass is 10.1. The van der Waals surface area contributed by atoms with Crippen LogP contribution in [0.1, 0.15) is 27.0 Å². The first kappa shape index (κ1) is 22.1. The smallest absolute Gasteiger partial charge is 0.189 e. The van der Waals surface area contributed by atoms with E-state index in [0.717, 1.165) is 42.9 Å². The first-order valence-electron chi connectivity index (χ1n) is 11.7. The topological polar surface area (TPSA) is 42.0 Å². The third-order valence-corrected chi connectivity index (χ3v) is 6.80. The van der Waals surface area contributed by atoms with Crippen LogP contribution in [-0.4, -0.2) is 46.2 Å². The van der Waals surface area contributed by atoms with Crippen molar-refractivity contribution in [2.45, 2.75) is 13.3 Å². The summed E-state index contributed by atoms with van der Waals surface area (Å²) in [6.45, 7) is 6.12. The van der Waals surface area contributed by atoms with Crippen LogP contribution in [0.2, 0.25) is 0 Å². The van der Waals surface area contributed by atoms with Crippen molar-refractivity contribution in [3.8, 4) is 11.5 Å². The standard InChI is InChI=1S/C29H30N2O3/c1-20-4-8-24(9-5-20)30-12-14-31(15-13-30)25-10-6-21(7-11-25)16-23-17-22-18-27(33-2)28(34-3)19-26(22)29(23)32/h4-11,16,18-19H,12-15,17H2,1-3H3/b23-16+. The molecule has 0 saturated carbocycles. The van der Waals surface area contributed by atoms with Gasteiger partial charge in [0.25, 0.3) is 0 Å². The van der Waals surface area contributed by atoms with Gasteiger partial charge in [-0.1, -0.05) is 29.8 Å². The van der Waals surface area contributed by atoms with Gasteiger partial charge in [0.1, 0.15) is 0 Å². The molecular weight excluding hydrogens is 424 g/mol. The molecule has 34 heavy (non-hydrogen) atoms. The fourth-order valence-corrected chi connectivity index (χ4v) is 4.81. The Kier molecular flexibility index (Phi) is 6.01. The Morgan fingerprint density at radius 3 is 1.85 bits per heavy atom. The highest BCUT2D eigenvalue weighted by Gasteiger charge is 2.27. The number of anilines is 2. The van der Waals surface area contributed by atoms with Crippen LogP contribution < -0.4 is 19.3 Å². The predicted octanol–water partition coefficient (Wildman–Crippen LogP) is 5.16. The number of allylic oxidation sites excluding steroid dienone is 1. The Bertz CT molecular complexity index is 1220. The van der Waals surface area contributed by atoms with E-state index in [0.29, 0.717) is 23.5 Å². The minimum Gasteiger partial charge on any atom is -0.493 e. The molecule has 1 fully saturated rings. The van der Waals surface area contributed by atoms with Crippen molar-refractivity contribution in [1.82, 2.24) is 0 Å². The average Bonchev–Trinajstić information content (AvgIpc) is 3.18. The van der Waals surface area contributed by atoms with Crippen LogP contribution in [0, 0.1) is 6.92 Å². The zero-order valence-electron chi connectivity index (χ0n) is 20.0. The van der Waals surface area contributed by atoms with Gasteiger partial charge in [-0.25, -0.2) is 0 Å². The van der Waals surface area contributed by atoms with Crippen LogP contribution >= 0.6 is 0 Å². The lowest BCUT2D eigenvalue weighted by molar-refractivity contribution is 0.104. The van der Waals surface area contributed by atoms with Crippen molar-refractivity contribution in [1.29, 1.82) is 0 Å². The van der Waals surface area contributed by atoms with Gasteiger partial charge in [0.05, 0.1) is 14.2 Å². The van der Waals surface area contributed by atoms with Gasteiger partial charge in [-0.05, 0) is 60.5 Å². The van der Waals surface area contributed by atoms with Crippen molar-refractivity contribution < 1.29 is 14.3 Å². The fraction of sp³-hybridized carbons (Fsp3) is 0.276. The Hall–Kier alpha value is -3.73. The van der Waals surface area contributed by atoms with Gasteiger partial charge in [-0.3, -0.25) is 4.79 Å². The van der Waals surface area contributed by atoms with E-state index in [1.165, 1.54) is 16.9 Å². The zero-order chi connectivity index (χ0) is 23.7. The van der Waals surface area contributed by atoms with Crippen molar-refractivity contribution in [2.24, 2.45) is 0 Å². The lowest BCUT2D eigenvalue weighted by Gasteiger charge is -2.37. The molecule has 3 aromatic carbocycles. The number of carbonyl (C=O) groups excluding carboxylic acids is 1. The molecule has 0 amide bonds. The van der Waals surface area contributed by atoms with E-state index in [4.69, 9.17) is 9.47 Å². The molecule has 3 aromatic rings. The number of nitrogens with zero attached hydrogens (tertiary/aromatic N) is 2. The molecule has 5 rings (SSSR count). The number of fused-ring (bicyclic) bond motifs is 1. The molecule has 1 aliphatic heterocycles. The Balaban J connectivity index is 1.26. The van der Waals surface area contributed by atoms with E-state index in [-0.39, 0.29) is 5.78 Å². The Morgan fingerprint density at radius 2 is 1.29 bits per heavy atom. The third kappa shape index (κ3) is 4.26. The zero-order valence-corrected chi connectivity index (χ0v) is 20.0. The highest BCUT2D eigenvalue weighted by atomic mass is 16.5. The van der Waals surface area contributed by atoms with Crippen LogP contribution in [0.25, 0.3) is 6.08 Å². The number of aryl methyl sites for hydroxylation is 1. The molecule has 2 aliphatic rings. The highest BCUT2D eigenvalue weighted by molar-refractivity contribution is 6.16. The summed E-state index contributed by atoms with van der Waals surface area (Å²) in [7, 11) is 3.20. The second-order valence-corrected chi connectivity index (χ2v) is 8.94. The molecule has 174 valence electrons. The number of carbonyl (C=O) groups is 1. The van der Waals surface area contributed by atoms with E-state index in [2.05, 4.69) is 65.3 Å². The summed E-state index contributed by atoms with van der Waals surface area (Å²) in [6, 6.07) is 21.0. The summed E-state index contributed by atoms with van der Waals surface area (Å²) in [5.41, 5.74) is 7.33. The quantitative estimate of drug-likeness (QED) is 0.498. The molecular formula is C29H30N2O3. The lowest BCUT2D eigenvalue weighted by Crippen LogP contribution is -2.46. The first-order valence-corrected chi connectivity index (χ1v) is 11.7. The molecule has 1 heterocycles. The summed E-state index contributed by atoms with van der Waals surface area (Å²) in [4.78, 5) is 17.8. The molecule has 0 atom stereocenters. The van der Waals surface area contributed by atoms with Crippen LogP contribution in [0.15, 0.2) is 66.2 Å². The maximum absolute atomic E-state index is 13.0. The summed E-state index contributed by atoms with van der Waals surface area (Å²) >= 11 is 0. The van der Waals surface area contributed by atoms with E-state index in [9.17, 15) is 4.79 Å². The molecule has 1 saturated heterocycles. The summed E-state index contributed by atoms with van der Waals surface area (Å²) in [5.74, 6) is 1.30. The first-order chi connectivity index (χ1) is 16.6. The minimum absolute atomic E-state index is 0.0623. The number of hydrogen-bond acceptors (Lipinski definition) is 5. The van der Waals surface area contributed by atoms with E-state index in [1.807, 2.05) is 12.1 Å². The third-order valence-electron chi connectivity index (χ3n) is 6.80. The van der Waals surface area contributed by atoms with Gasteiger partial charge in [-0.15, -0.1) is 0 Å². The second kappa shape index (κ2) is 9.26. The monoisotopic (exact) mass is 454 g/mol. The molecule has 5 nitrogen and oxygen atoms in total. The number of piperazine rings is 1. The van der Waals surface area contributed by atoms with Crippen molar-refractivity contribution >= 4 is 23.2 Å². The summed E-state index contributed by atoms with van der Waals surface area (Å²) in [5, 5.41) is 0. The molecule has 0 N–H and O–H groups in total. The van der Waals surface area contributed by atoms with Crippen LogP contribution in [0.5, 0.6) is 11.5 Å². The molecule has 1 aliphatic carbocycles. The van der Waals surface area contributed by atoms with E-state index in [1.54, 1.807) is 20.3 Å². The molecule has 0 bridgehead atoms.